The van der Waals surface area contributed by atoms with Crippen LogP contribution in [0.3, 0.4) is 0 Å². The summed E-state index contributed by atoms with van der Waals surface area (Å²) in [6.07, 6.45) is 20.3. The van der Waals surface area contributed by atoms with E-state index in [1.54, 1.807) is 0 Å². The van der Waals surface area contributed by atoms with E-state index in [0.717, 1.165) is 75.7 Å². The number of imidazole rings is 1. The molecule has 3 atom stereocenters. The van der Waals surface area contributed by atoms with Crippen molar-refractivity contribution in [1.29, 1.82) is 0 Å². The van der Waals surface area contributed by atoms with Gasteiger partial charge in [-0.1, -0.05) is 30.4 Å². The third kappa shape index (κ3) is 4.80. The Labute approximate surface area is 213 Å². The molecule has 5 aliphatic rings. The average Bonchev–Trinajstić information content (AvgIpc) is 3.60. The Hall–Kier alpha value is -2.36. The third-order valence-corrected chi connectivity index (χ3v) is 8.31. The predicted molar refractivity (Wildman–Crippen MR) is 142 cm³/mol. The first-order chi connectivity index (χ1) is 17.7. The Morgan fingerprint density at radius 2 is 2.03 bits per heavy atom. The molecule has 6 rings (SSSR count). The Bertz CT molecular complexity index is 1100. The number of likely N-dealkylation sites (tertiary alicyclic amines) is 1. The van der Waals surface area contributed by atoms with Gasteiger partial charge in [0.25, 0.3) is 0 Å². The fourth-order valence-electron chi connectivity index (χ4n) is 6.32. The fraction of sp³-hybridized carbons (Fsp3) is 0.571. The number of fused-ring (bicyclic) bond motifs is 1. The van der Waals surface area contributed by atoms with Crippen molar-refractivity contribution < 1.29 is 9.47 Å². The van der Waals surface area contributed by atoms with Crippen molar-refractivity contribution in [2.75, 3.05) is 46.5 Å². The summed E-state index contributed by atoms with van der Waals surface area (Å²) < 4.78 is 13.5. The molecule has 4 aliphatic heterocycles. The van der Waals surface area contributed by atoms with E-state index in [1.165, 1.54) is 24.0 Å². The quantitative estimate of drug-likeness (QED) is 0.683. The van der Waals surface area contributed by atoms with Gasteiger partial charge in [-0.05, 0) is 42.4 Å². The Balaban J connectivity index is 1.11. The van der Waals surface area contributed by atoms with Gasteiger partial charge in [-0.15, -0.1) is 0 Å². The molecule has 8 nitrogen and oxygen atoms in total. The van der Waals surface area contributed by atoms with Crippen molar-refractivity contribution in [2.45, 2.75) is 50.4 Å². The molecule has 5 heterocycles. The summed E-state index contributed by atoms with van der Waals surface area (Å²) in [6, 6.07) is 0.659. The van der Waals surface area contributed by atoms with Gasteiger partial charge >= 0.3 is 0 Å². The lowest BCUT2D eigenvalue weighted by molar-refractivity contribution is -0.0858. The van der Waals surface area contributed by atoms with Crippen LogP contribution in [-0.4, -0.2) is 90.5 Å². The SMILES string of the molecule is COC(C1CCOC1)N1CCC(N2CC=C/C(=C3/C=Nn4c(C5=CC(N)CC=C5)cnc4C3)C2)CC1. The first kappa shape index (κ1) is 24.0. The van der Waals surface area contributed by atoms with Crippen LogP contribution in [0.5, 0.6) is 0 Å². The summed E-state index contributed by atoms with van der Waals surface area (Å²) in [5, 5.41) is 4.80. The third-order valence-electron chi connectivity index (χ3n) is 8.31. The molecular weight excluding hydrogens is 452 g/mol. The number of methoxy groups -OCH3 is 1. The second-order valence-electron chi connectivity index (χ2n) is 10.6. The number of piperidine rings is 1. The Morgan fingerprint density at radius 3 is 2.81 bits per heavy atom. The van der Waals surface area contributed by atoms with Crippen molar-refractivity contribution in [1.82, 2.24) is 19.5 Å². The highest BCUT2D eigenvalue weighted by Gasteiger charge is 2.34. The molecule has 1 aromatic heterocycles. The van der Waals surface area contributed by atoms with E-state index >= 15 is 0 Å². The van der Waals surface area contributed by atoms with Crippen molar-refractivity contribution >= 4 is 11.8 Å². The second-order valence-corrected chi connectivity index (χ2v) is 10.6. The van der Waals surface area contributed by atoms with E-state index in [9.17, 15) is 0 Å². The maximum Gasteiger partial charge on any atom is 0.135 e. The van der Waals surface area contributed by atoms with Gasteiger partial charge in [0.1, 0.15) is 12.1 Å². The number of hydrogen-bond donors (Lipinski definition) is 1. The summed E-state index contributed by atoms with van der Waals surface area (Å²) in [7, 11) is 1.85. The number of ether oxygens (including phenoxy) is 2. The maximum atomic E-state index is 6.13. The van der Waals surface area contributed by atoms with Gasteiger partial charge in [0, 0.05) is 64.3 Å². The fourth-order valence-corrected chi connectivity index (χ4v) is 6.32. The molecule has 8 heteroatoms. The van der Waals surface area contributed by atoms with E-state index in [-0.39, 0.29) is 12.3 Å². The first-order valence-electron chi connectivity index (χ1n) is 13.4. The normalized spacial score (nSPS) is 30.6. The number of hydrogen-bond acceptors (Lipinski definition) is 7. The molecule has 192 valence electrons. The zero-order valence-corrected chi connectivity index (χ0v) is 21.3. The van der Waals surface area contributed by atoms with Crippen LogP contribution in [0, 0.1) is 5.92 Å². The summed E-state index contributed by atoms with van der Waals surface area (Å²) in [4.78, 5) is 9.88. The molecule has 0 spiro atoms. The minimum atomic E-state index is 0.0590. The monoisotopic (exact) mass is 490 g/mol. The summed E-state index contributed by atoms with van der Waals surface area (Å²) in [5.74, 6) is 1.49. The van der Waals surface area contributed by atoms with Crippen molar-refractivity contribution in [3.8, 4) is 0 Å². The minimum absolute atomic E-state index is 0.0590. The van der Waals surface area contributed by atoms with E-state index in [4.69, 9.17) is 25.3 Å². The average molecular weight is 491 g/mol. The molecule has 36 heavy (non-hydrogen) atoms. The molecule has 0 bridgehead atoms. The van der Waals surface area contributed by atoms with E-state index in [0.29, 0.717) is 12.0 Å². The number of nitrogens with two attached hydrogens (primary N) is 1. The van der Waals surface area contributed by atoms with Crippen LogP contribution < -0.4 is 5.73 Å². The predicted octanol–water partition coefficient (Wildman–Crippen LogP) is 2.59. The van der Waals surface area contributed by atoms with Gasteiger partial charge in [-0.2, -0.15) is 5.10 Å². The van der Waals surface area contributed by atoms with E-state index in [2.05, 4.69) is 40.2 Å². The van der Waals surface area contributed by atoms with Gasteiger partial charge in [0.05, 0.1) is 24.7 Å². The van der Waals surface area contributed by atoms with E-state index in [1.807, 2.05) is 24.2 Å². The van der Waals surface area contributed by atoms with Crippen LogP contribution in [0.1, 0.15) is 37.2 Å². The van der Waals surface area contributed by atoms with Crippen LogP contribution in [0.4, 0.5) is 0 Å². The highest BCUT2D eigenvalue weighted by Crippen LogP contribution is 2.29. The topological polar surface area (TPSA) is 81.1 Å². The van der Waals surface area contributed by atoms with Gasteiger partial charge in [-0.25, -0.2) is 9.66 Å². The summed E-state index contributed by atoms with van der Waals surface area (Å²) >= 11 is 0. The number of rotatable bonds is 5. The smallest absolute Gasteiger partial charge is 0.135 e. The van der Waals surface area contributed by atoms with Crippen molar-refractivity contribution in [2.24, 2.45) is 16.8 Å². The lowest BCUT2D eigenvalue weighted by Crippen LogP contribution is -2.51. The molecule has 0 amide bonds. The molecular formula is C28H38N6O2. The lowest BCUT2D eigenvalue weighted by atomic mass is 9.96. The van der Waals surface area contributed by atoms with E-state index < -0.39 is 0 Å². The number of aromatic nitrogens is 2. The van der Waals surface area contributed by atoms with Crippen molar-refractivity contribution in [3.05, 3.63) is 59.2 Å². The standard InChI is InChI=1S/C28H38N6O2/c1-35-28(22-9-13-36-19-22)32-11-7-25(8-12-32)33-10-3-5-21(18-33)23-15-27-30-17-26(34(27)31-16-23)20-4-2-6-24(29)14-20/h2-5,14,16-17,22,24-25,28H,6-13,15,18-19,29H2,1H3/b23-21-. The highest BCUT2D eigenvalue weighted by molar-refractivity contribution is 5.83. The zero-order valence-electron chi connectivity index (χ0n) is 21.3. The molecule has 1 aliphatic carbocycles. The minimum Gasteiger partial charge on any atom is -0.381 e. The van der Waals surface area contributed by atoms with Crippen LogP contribution in [0.25, 0.3) is 5.57 Å². The molecule has 0 saturated carbocycles. The Kier molecular flexibility index (Phi) is 7.04. The molecule has 2 N–H and O–H groups in total. The molecule has 3 unspecified atom stereocenters. The maximum absolute atomic E-state index is 6.13. The van der Waals surface area contributed by atoms with Crippen LogP contribution >= 0.6 is 0 Å². The first-order valence-corrected chi connectivity index (χ1v) is 13.4. The molecule has 2 saturated heterocycles. The van der Waals surface area contributed by atoms with Crippen LogP contribution in [0.2, 0.25) is 0 Å². The second kappa shape index (κ2) is 10.6. The molecule has 0 radical (unpaired) electrons. The van der Waals surface area contributed by atoms with Crippen molar-refractivity contribution in [3.63, 3.8) is 0 Å². The lowest BCUT2D eigenvalue weighted by Gasteiger charge is -2.43. The van der Waals surface area contributed by atoms with Gasteiger partial charge < -0.3 is 15.2 Å². The molecule has 1 aromatic rings. The summed E-state index contributed by atoms with van der Waals surface area (Å²) in [5.41, 5.74) is 10.9. The zero-order chi connectivity index (χ0) is 24.5. The molecule has 0 aromatic carbocycles. The van der Waals surface area contributed by atoms with Gasteiger partial charge in [0.2, 0.25) is 0 Å². The highest BCUT2D eigenvalue weighted by atomic mass is 16.5. The number of nitrogens with zero attached hydrogens (tertiary/aromatic N) is 5. The van der Waals surface area contributed by atoms with Crippen LogP contribution in [-0.2, 0) is 15.9 Å². The Morgan fingerprint density at radius 1 is 1.14 bits per heavy atom. The number of allylic oxidation sites excluding steroid dienone is 3. The van der Waals surface area contributed by atoms with Gasteiger partial charge in [-0.3, -0.25) is 9.80 Å². The van der Waals surface area contributed by atoms with Gasteiger partial charge in [0.15, 0.2) is 0 Å². The van der Waals surface area contributed by atoms with Crippen LogP contribution in [0.15, 0.2) is 52.8 Å². The largest absolute Gasteiger partial charge is 0.381 e. The summed E-state index contributed by atoms with van der Waals surface area (Å²) in [6.45, 7) is 5.86. The molecule has 2 fully saturated rings.